The van der Waals surface area contributed by atoms with Crippen molar-refractivity contribution in [3.8, 4) is 0 Å². The van der Waals surface area contributed by atoms with Gasteiger partial charge in [-0.1, -0.05) is 84.5 Å². The highest BCUT2D eigenvalue weighted by Gasteiger charge is 1.97. The first kappa shape index (κ1) is 23.2. The minimum atomic E-state index is 0.190. The number of carbonyl (C=O) groups excluding carboxylic acids is 1. The fourth-order valence-electron chi connectivity index (χ4n) is 2.64. The Morgan fingerprint density at radius 2 is 1.29 bits per heavy atom. The first-order chi connectivity index (χ1) is 11.8. The fourth-order valence-corrected chi connectivity index (χ4v) is 2.64. The van der Waals surface area contributed by atoms with Gasteiger partial charge in [0.25, 0.3) is 0 Å². The standard InChI is InChI=1S/C21H40O3/c1-3-5-7-9-10-11-12-13-15-17-21(19-22)24-20-23-18-16-14-8-6-4-2/h17,19H,3-16,18,20H2,1-2H3. The van der Waals surface area contributed by atoms with E-state index >= 15 is 0 Å². The minimum absolute atomic E-state index is 0.190. The van der Waals surface area contributed by atoms with Crippen molar-refractivity contribution < 1.29 is 14.3 Å². The summed E-state index contributed by atoms with van der Waals surface area (Å²) in [5, 5.41) is 0. The largest absolute Gasteiger partial charge is 0.464 e. The maximum absolute atomic E-state index is 11.0. The van der Waals surface area contributed by atoms with Crippen molar-refractivity contribution in [1.29, 1.82) is 0 Å². The molecule has 142 valence electrons. The van der Waals surface area contributed by atoms with Gasteiger partial charge in [0.15, 0.2) is 18.8 Å². The highest BCUT2D eigenvalue weighted by molar-refractivity contribution is 5.69. The van der Waals surface area contributed by atoms with Crippen LogP contribution in [0.4, 0.5) is 0 Å². The molecule has 0 aromatic rings. The highest BCUT2D eigenvalue weighted by atomic mass is 16.7. The van der Waals surface area contributed by atoms with Gasteiger partial charge in [0.1, 0.15) is 0 Å². The van der Waals surface area contributed by atoms with Crippen LogP contribution < -0.4 is 0 Å². The summed E-state index contributed by atoms with van der Waals surface area (Å²) < 4.78 is 10.8. The van der Waals surface area contributed by atoms with E-state index in [9.17, 15) is 4.79 Å². The van der Waals surface area contributed by atoms with Gasteiger partial charge < -0.3 is 9.47 Å². The summed E-state index contributed by atoms with van der Waals surface area (Å²) in [4.78, 5) is 11.0. The Kier molecular flexibility index (Phi) is 19.5. The molecule has 0 heterocycles. The van der Waals surface area contributed by atoms with Gasteiger partial charge >= 0.3 is 0 Å². The predicted octanol–water partition coefficient (Wildman–Crippen LogP) is 6.56. The van der Waals surface area contributed by atoms with Crippen LogP contribution in [-0.4, -0.2) is 19.7 Å². The number of ether oxygens (including phenoxy) is 2. The van der Waals surface area contributed by atoms with Gasteiger partial charge in [-0.15, -0.1) is 0 Å². The molecule has 0 unspecified atom stereocenters. The molecule has 0 aliphatic rings. The van der Waals surface area contributed by atoms with E-state index in [1.165, 1.54) is 70.6 Å². The van der Waals surface area contributed by atoms with Crippen LogP contribution in [0.2, 0.25) is 0 Å². The van der Waals surface area contributed by atoms with Gasteiger partial charge in [-0.3, -0.25) is 4.79 Å². The van der Waals surface area contributed by atoms with Crippen LogP contribution in [0.5, 0.6) is 0 Å². The van der Waals surface area contributed by atoms with Crippen LogP contribution in [0.1, 0.15) is 104 Å². The van der Waals surface area contributed by atoms with Crippen LogP contribution in [-0.2, 0) is 14.3 Å². The van der Waals surface area contributed by atoms with Crippen molar-refractivity contribution in [1.82, 2.24) is 0 Å². The molecule has 0 rings (SSSR count). The molecule has 0 N–H and O–H groups in total. The third-order valence-corrected chi connectivity index (χ3v) is 4.22. The maximum Gasteiger partial charge on any atom is 0.189 e. The number of unbranched alkanes of at least 4 members (excludes halogenated alkanes) is 12. The smallest absolute Gasteiger partial charge is 0.189 e. The second-order valence-corrected chi connectivity index (χ2v) is 6.57. The molecule has 0 radical (unpaired) electrons. The lowest BCUT2D eigenvalue weighted by Crippen LogP contribution is -2.02. The molecule has 3 heteroatoms. The van der Waals surface area contributed by atoms with Gasteiger partial charge in [0.05, 0.1) is 6.61 Å². The summed E-state index contributed by atoms with van der Waals surface area (Å²) >= 11 is 0. The summed E-state index contributed by atoms with van der Waals surface area (Å²) in [5.41, 5.74) is 0. The lowest BCUT2D eigenvalue weighted by Gasteiger charge is -2.07. The first-order valence-corrected chi connectivity index (χ1v) is 10.2. The summed E-state index contributed by atoms with van der Waals surface area (Å²) in [6, 6.07) is 0. The van der Waals surface area contributed by atoms with Crippen LogP contribution >= 0.6 is 0 Å². The quantitative estimate of drug-likeness (QED) is 0.0878. The van der Waals surface area contributed by atoms with E-state index in [-0.39, 0.29) is 6.79 Å². The Bertz CT molecular complexity index is 287. The van der Waals surface area contributed by atoms with E-state index in [0.29, 0.717) is 12.4 Å². The van der Waals surface area contributed by atoms with E-state index in [1.54, 1.807) is 0 Å². The van der Waals surface area contributed by atoms with Crippen LogP contribution in [0, 0.1) is 0 Å². The SMILES string of the molecule is CCCCCCCCCCC=C(C=O)OCOCCCCCCC. The van der Waals surface area contributed by atoms with Gasteiger partial charge in [0.2, 0.25) is 0 Å². The van der Waals surface area contributed by atoms with E-state index in [0.717, 1.165) is 25.5 Å². The number of aldehydes is 1. The lowest BCUT2D eigenvalue weighted by atomic mass is 10.1. The number of carbonyl (C=O) groups is 1. The molecule has 0 amide bonds. The van der Waals surface area contributed by atoms with E-state index in [4.69, 9.17) is 9.47 Å². The van der Waals surface area contributed by atoms with Crippen molar-refractivity contribution in [2.24, 2.45) is 0 Å². The molecule has 24 heavy (non-hydrogen) atoms. The lowest BCUT2D eigenvalue weighted by molar-refractivity contribution is -0.111. The molecule has 0 spiro atoms. The van der Waals surface area contributed by atoms with Gasteiger partial charge in [-0.25, -0.2) is 0 Å². The highest BCUT2D eigenvalue weighted by Crippen LogP contribution is 2.10. The predicted molar refractivity (Wildman–Crippen MR) is 102 cm³/mol. The van der Waals surface area contributed by atoms with E-state index in [1.807, 2.05) is 6.08 Å². The summed E-state index contributed by atoms with van der Waals surface area (Å²) in [7, 11) is 0. The summed E-state index contributed by atoms with van der Waals surface area (Å²) in [6.45, 7) is 5.37. The summed E-state index contributed by atoms with van der Waals surface area (Å²) in [6.07, 6.45) is 20.1. The molecular weight excluding hydrogens is 300 g/mol. The molecule has 0 saturated carbocycles. The van der Waals surface area contributed by atoms with Crippen molar-refractivity contribution in [3.05, 3.63) is 11.8 Å². The monoisotopic (exact) mass is 340 g/mol. The average molecular weight is 341 g/mol. The average Bonchev–Trinajstić information content (AvgIpc) is 2.60. The number of allylic oxidation sites excluding steroid dienone is 2. The molecule has 3 nitrogen and oxygen atoms in total. The maximum atomic E-state index is 11.0. The van der Waals surface area contributed by atoms with Crippen molar-refractivity contribution >= 4 is 6.29 Å². The number of hydrogen-bond donors (Lipinski definition) is 0. The fraction of sp³-hybridized carbons (Fsp3) is 0.857. The van der Waals surface area contributed by atoms with E-state index in [2.05, 4.69) is 13.8 Å². The van der Waals surface area contributed by atoms with Crippen molar-refractivity contribution in [3.63, 3.8) is 0 Å². The zero-order valence-electron chi connectivity index (χ0n) is 16.2. The van der Waals surface area contributed by atoms with Gasteiger partial charge in [-0.05, 0) is 25.3 Å². The topological polar surface area (TPSA) is 35.5 Å². The molecule has 0 atom stereocenters. The molecule has 0 saturated heterocycles. The Hall–Kier alpha value is -0.830. The zero-order chi connectivity index (χ0) is 17.7. The van der Waals surface area contributed by atoms with Crippen LogP contribution in [0.15, 0.2) is 11.8 Å². The van der Waals surface area contributed by atoms with Gasteiger partial charge in [0, 0.05) is 0 Å². The first-order valence-electron chi connectivity index (χ1n) is 10.2. The molecule has 0 aromatic heterocycles. The van der Waals surface area contributed by atoms with Crippen LogP contribution in [0.3, 0.4) is 0 Å². The normalized spacial score (nSPS) is 11.7. The molecular formula is C21H40O3. The third-order valence-electron chi connectivity index (χ3n) is 4.22. The minimum Gasteiger partial charge on any atom is -0.464 e. The molecule has 0 aliphatic heterocycles. The molecule has 0 bridgehead atoms. The molecule has 0 aromatic carbocycles. The molecule has 0 fully saturated rings. The zero-order valence-corrected chi connectivity index (χ0v) is 16.2. The second-order valence-electron chi connectivity index (χ2n) is 6.57. The Morgan fingerprint density at radius 3 is 1.88 bits per heavy atom. The van der Waals surface area contributed by atoms with Gasteiger partial charge in [-0.2, -0.15) is 0 Å². The second kappa shape index (κ2) is 20.2. The number of hydrogen-bond acceptors (Lipinski definition) is 3. The van der Waals surface area contributed by atoms with Crippen molar-refractivity contribution in [2.75, 3.05) is 13.4 Å². The Morgan fingerprint density at radius 1 is 0.750 bits per heavy atom. The van der Waals surface area contributed by atoms with Crippen molar-refractivity contribution in [2.45, 2.75) is 104 Å². The molecule has 0 aliphatic carbocycles. The van der Waals surface area contributed by atoms with E-state index < -0.39 is 0 Å². The Labute approximate surface area is 150 Å². The summed E-state index contributed by atoms with van der Waals surface area (Å²) in [5.74, 6) is 0.420. The number of rotatable bonds is 19. The Balaban J connectivity index is 3.43. The third kappa shape index (κ3) is 17.5. The van der Waals surface area contributed by atoms with Crippen LogP contribution in [0.25, 0.3) is 0 Å².